The van der Waals surface area contributed by atoms with Crippen LogP contribution in [0.25, 0.3) is 0 Å². The van der Waals surface area contributed by atoms with Gasteiger partial charge in [0.25, 0.3) is 0 Å². The number of benzene rings is 1. The molecule has 1 aromatic carbocycles. The van der Waals surface area contributed by atoms with Gasteiger partial charge in [0, 0.05) is 0 Å². The molecule has 2 atom stereocenters. The van der Waals surface area contributed by atoms with Crippen LogP contribution in [0.1, 0.15) is 25.3 Å². The summed E-state index contributed by atoms with van der Waals surface area (Å²) in [6.07, 6.45) is 2.48. The molecule has 15 heavy (non-hydrogen) atoms. The van der Waals surface area contributed by atoms with Gasteiger partial charge in [-0.25, -0.2) is 0 Å². The van der Waals surface area contributed by atoms with Crippen LogP contribution in [-0.4, -0.2) is 17.8 Å². The molecule has 0 saturated heterocycles. The second kappa shape index (κ2) is 6.59. The van der Waals surface area contributed by atoms with Crippen LogP contribution in [0.2, 0.25) is 0 Å². The maximum atomic E-state index is 10.0. The van der Waals surface area contributed by atoms with Gasteiger partial charge in [-0.15, -0.1) is 0 Å². The van der Waals surface area contributed by atoms with Gasteiger partial charge in [-0.3, -0.25) is 0 Å². The number of aliphatic hydroxyl groups excluding tert-OH is 1. The highest BCUT2D eigenvalue weighted by Gasteiger charge is 2.16. The molecule has 0 heterocycles. The molecule has 0 aliphatic rings. The van der Waals surface area contributed by atoms with Crippen LogP contribution in [0.4, 0.5) is 0 Å². The van der Waals surface area contributed by atoms with Crippen molar-refractivity contribution in [1.29, 1.82) is 0 Å². The van der Waals surface area contributed by atoms with Crippen molar-refractivity contribution in [3.05, 3.63) is 35.9 Å². The Morgan fingerprint density at radius 2 is 1.93 bits per heavy atom. The predicted octanol–water partition coefficient (Wildman–Crippen LogP) is 1.97. The lowest BCUT2D eigenvalue weighted by Gasteiger charge is -2.20. The molecule has 1 rings (SSSR count). The van der Waals surface area contributed by atoms with Crippen LogP contribution in [0.5, 0.6) is 0 Å². The third-order valence-corrected chi connectivity index (χ3v) is 2.79. The fraction of sp³-hybridized carbons (Fsp3) is 0.538. The Morgan fingerprint density at radius 3 is 2.47 bits per heavy atom. The van der Waals surface area contributed by atoms with E-state index in [0.29, 0.717) is 13.0 Å². The molecule has 0 spiro atoms. The zero-order valence-corrected chi connectivity index (χ0v) is 9.39. The van der Waals surface area contributed by atoms with Gasteiger partial charge in [0.05, 0.1) is 6.10 Å². The van der Waals surface area contributed by atoms with Crippen molar-refractivity contribution in [3.63, 3.8) is 0 Å². The first-order chi connectivity index (χ1) is 7.27. The van der Waals surface area contributed by atoms with Gasteiger partial charge in [0.1, 0.15) is 0 Å². The maximum absolute atomic E-state index is 10.0. The fourth-order valence-corrected chi connectivity index (χ4v) is 1.86. The molecular weight excluding hydrogens is 186 g/mol. The van der Waals surface area contributed by atoms with E-state index in [0.717, 1.165) is 12.8 Å². The van der Waals surface area contributed by atoms with Gasteiger partial charge in [0.15, 0.2) is 0 Å². The van der Waals surface area contributed by atoms with Crippen LogP contribution in [0, 0.1) is 5.92 Å². The normalized spacial score (nSPS) is 14.9. The van der Waals surface area contributed by atoms with Crippen molar-refractivity contribution in [2.45, 2.75) is 32.3 Å². The van der Waals surface area contributed by atoms with Crippen molar-refractivity contribution in [2.75, 3.05) is 6.54 Å². The largest absolute Gasteiger partial charge is 0.392 e. The number of hydrogen-bond donors (Lipinski definition) is 2. The quantitative estimate of drug-likeness (QED) is 0.749. The van der Waals surface area contributed by atoms with E-state index < -0.39 is 0 Å². The smallest absolute Gasteiger partial charge is 0.0620 e. The molecule has 1 aromatic rings. The van der Waals surface area contributed by atoms with Gasteiger partial charge in [-0.1, -0.05) is 43.7 Å². The molecule has 0 aliphatic carbocycles. The Hall–Kier alpha value is -0.860. The highest BCUT2D eigenvalue weighted by atomic mass is 16.3. The van der Waals surface area contributed by atoms with Crippen molar-refractivity contribution >= 4 is 0 Å². The lowest BCUT2D eigenvalue weighted by atomic mass is 9.92. The van der Waals surface area contributed by atoms with Gasteiger partial charge >= 0.3 is 0 Å². The first-order valence-corrected chi connectivity index (χ1v) is 5.70. The van der Waals surface area contributed by atoms with Crippen molar-refractivity contribution in [1.82, 2.24) is 0 Å². The molecule has 0 fully saturated rings. The summed E-state index contributed by atoms with van der Waals surface area (Å²) < 4.78 is 0. The van der Waals surface area contributed by atoms with Crippen LogP contribution < -0.4 is 5.73 Å². The summed E-state index contributed by atoms with van der Waals surface area (Å²) in [7, 11) is 0. The molecule has 0 saturated carbocycles. The van der Waals surface area contributed by atoms with E-state index in [-0.39, 0.29) is 12.0 Å². The summed E-state index contributed by atoms with van der Waals surface area (Å²) in [5.74, 6) is 0.232. The second-order valence-corrected chi connectivity index (χ2v) is 4.04. The van der Waals surface area contributed by atoms with E-state index in [1.54, 1.807) is 0 Å². The summed E-state index contributed by atoms with van der Waals surface area (Å²) in [4.78, 5) is 0. The Kier molecular flexibility index (Phi) is 5.37. The molecule has 3 N–H and O–H groups in total. The SMILES string of the molecule is CCCC(CN)C(O)Cc1ccccc1. The van der Waals surface area contributed by atoms with Crippen molar-refractivity contribution in [2.24, 2.45) is 11.7 Å². The molecule has 0 amide bonds. The summed E-state index contributed by atoms with van der Waals surface area (Å²) >= 11 is 0. The van der Waals surface area contributed by atoms with E-state index in [1.165, 1.54) is 5.56 Å². The summed E-state index contributed by atoms with van der Waals surface area (Å²) in [5.41, 5.74) is 6.83. The first kappa shape index (κ1) is 12.2. The molecule has 2 unspecified atom stereocenters. The Labute approximate surface area is 92.1 Å². The minimum absolute atomic E-state index is 0.232. The minimum atomic E-state index is -0.308. The fourth-order valence-electron chi connectivity index (χ4n) is 1.86. The third kappa shape index (κ3) is 4.02. The zero-order chi connectivity index (χ0) is 11.1. The number of nitrogens with two attached hydrogens (primary N) is 1. The van der Waals surface area contributed by atoms with E-state index in [2.05, 4.69) is 6.92 Å². The van der Waals surface area contributed by atoms with Gasteiger partial charge in [-0.05, 0) is 30.9 Å². The van der Waals surface area contributed by atoms with Crippen LogP contribution >= 0.6 is 0 Å². The monoisotopic (exact) mass is 207 g/mol. The van der Waals surface area contributed by atoms with Crippen molar-refractivity contribution < 1.29 is 5.11 Å². The first-order valence-electron chi connectivity index (χ1n) is 5.70. The molecule has 2 nitrogen and oxygen atoms in total. The van der Waals surface area contributed by atoms with Gasteiger partial charge in [0.2, 0.25) is 0 Å². The maximum Gasteiger partial charge on any atom is 0.0620 e. The average molecular weight is 207 g/mol. The standard InChI is InChI=1S/C13H21NO/c1-2-6-12(10-14)13(15)9-11-7-4-3-5-8-11/h3-5,7-8,12-13,15H,2,6,9-10,14H2,1H3. The average Bonchev–Trinajstić information content (AvgIpc) is 2.27. The lowest BCUT2D eigenvalue weighted by Crippen LogP contribution is -2.29. The topological polar surface area (TPSA) is 46.2 Å². The number of hydrogen-bond acceptors (Lipinski definition) is 2. The second-order valence-electron chi connectivity index (χ2n) is 4.04. The molecular formula is C13H21NO. The number of rotatable bonds is 6. The van der Waals surface area contributed by atoms with Crippen LogP contribution in [0.15, 0.2) is 30.3 Å². The van der Waals surface area contributed by atoms with Crippen molar-refractivity contribution in [3.8, 4) is 0 Å². The molecule has 84 valence electrons. The van der Waals surface area contributed by atoms with E-state index in [9.17, 15) is 5.11 Å². The molecule has 2 heteroatoms. The molecule has 0 radical (unpaired) electrons. The van der Waals surface area contributed by atoms with Crippen LogP contribution in [-0.2, 0) is 6.42 Å². The van der Waals surface area contributed by atoms with Crippen LogP contribution in [0.3, 0.4) is 0 Å². The Balaban J connectivity index is 2.50. The van der Waals surface area contributed by atoms with Gasteiger partial charge in [-0.2, -0.15) is 0 Å². The zero-order valence-electron chi connectivity index (χ0n) is 9.39. The summed E-state index contributed by atoms with van der Waals surface area (Å²) in [6, 6.07) is 10.1. The highest BCUT2D eigenvalue weighted by Crippen LogP contribution is 2.14. The summed E-state index contributed by atoms with van der Waals surface area (Å²) in [6.45, 7) is 2.69. The Bertz CT molecular complexity index is 260. The highest BCUT2D eigenvalue weighted by molar-refractivity contribution is 5.15. The molecule has 0 aliphatic heterocycles. The molecule has 0 bridgehead atoms. The minimum Gasteiger partial charge on any atom is -0.392 e. The van der Waals surface area contributed by atoms with Gasteiger partial charge < -0.3 is 10.8 Å². The van der Waals surface area contributed by atoms with E-state index >= 15 is 0 Å². The Morgan fingerprint density at radius 1 is 1.27 bits per heavy atom. The number of aliphatic hydroxyl groups is 1. The lowest BCUT2D eigenvalue weighted by molar-refractivity contribution is 0.106. The van der Waals surface area contributed by atoms with E-state index in [4.69, 9.17) is 5.73 Å². The predicted molar refractivity (Wildman–Crippen MR) is 63.6 cm³/mol. The van der Waals surface area contributed by atoms with E-state index in [1.807, 2.05) is 30.3 Å². The third-order valence-electron chi connectivity index (χ3n) is 2.79. The molecule has 0 aromatic heterocycles. The summed E-state index contributed by atoms with van der Waals surface area (Å²) in [5, 5.41) is 10.0.